The quantitative estimate of drug-likeness (QED) is 0.828. The van der Waals surface area contributed by atoms with Crippen LogP contribution in [0.5, 0.6) is 0 Å². The zero-order valence-electron chi connectivity index (χ0n) is 16.1. The fraction of sp³-hybridized carbons (Fsp3) is 0.619. The largest absolute Gasteiger partial charge is 0.309 e. The smallest absolute Gasteiger partial charge is 0.250 e. The molecule has 140 valence electrons. The fourth-order valence-corrected chi connectivity index (χ4v) is 4.92. The summed E-state index contributed by atoms with van der Waals surface area (Å²) in [6, 6.07) is 8.29. The molecule has 0 saturated carbocycles. The van der Waals surface area contributed by atoms with Crippen molar-refractivity contribution in [3.05, 3.63) is 52.2 Å². The van der Waals surface area contributed by atoms with Gasteiger partial charge < -0.3 is 4.57 Å². The number of likely N-dealkylation sites (tertiary alicyclic amines) is 1. The van der Waals surface area contributed by atoms with E-state index < -0.39 is 0 Å². The van der Waals surface area contributed by atoms with Gasteiger partial charge in [0.25, 0.3) is 5.56 Å². The van der Waals surface area contributed by atoms with E-state index in [1.54, 1.807) is 6.07 Å². The number of hydrogen-bond acceptors (Lipinski definition) is 3. The summed E-state index contributed by atoms with van der Waals surface area (Å²) in [6.45, 7) is 7.54. The molecule has 2 aliphatic heterocycles. The summed E-state index contributed by atoms with van der Waals surface area (Å²) in [5.41, 5.74) is 2.56. The first-order chi connectivity index (χ1) is 12.5. The number of fused-ring (bicyclic) bond motifs is 4. The number of aryl methyl sites for hydroxylation is 1. The molecule has 3 atom stereocenters. The fourth-order valence-electron chi connectivity index (χ4n) is 4.92. The van der Waals surface area contributed by atoms with E-state index in [9.17, 15) is 4.79 Å². The lowest BCUT2D eigenvalue weighted by molar-refractivity contribution is 0.0789. The van der Waals surface area contributed by atoms with Gasteiger partial charge in [0, 0.05) is 56.6 Å². The molecule has 0 aromatic carbocycles. The number of piperidine rings is 1. The van der Waals surface area contributed by atoms with Crippen LogP contribution in [0.3, 0.4) is 0 Å². The van der Waals surface area contributed by atoms with Gasteiger partial charge in [-0.2, -0.15) is 5.10 Å². The molecule has 0 unspecified atom stereocenters. The third-order valence-electron chi connectivity index (χ3n) is 6.07. The first-order valence-electron chi connectivity index (χ1n) is 9.93. The average molecular weight is 354 g/mol. The molecule has 0 radical (unpaired) electrons. The maximum Gasteiger partial charge on any atom is 0.250 e. The van der Waals surface area contributed by atoms with Crippen molar-refractivity contribution in [3.63, 3.8) is 0 Å². The summed E-state index contributed by atoms with van der Waals surface area (Å²) in [5.74, 6) is 1.69. The number of aromatic nitrogens is 3. The molecule has 1 saturated heterocycles. The van der Waals surface area contributed by atoms with Crippen LogP contribution >= 0.6 is 0 Å². The Morgan fingerprint density at radius 2 is 2.08 bits per heavy atom. The van der Waals surface area contributed by atoms with Crippen LogP contribution < -0.4 is 5.56 Å². The second kappa shape index (κ2) is 7.03. The number of hydrogen-bond donors (Lipinski definition) is 0. The van der Waals surface area contributed by atoms with E-state index in [4.69, 9.17) is 0 Å². The van der Waals surface area contributed by atoms with Crippen LogP contribution in [-0.4, -0.2) is 32.3 Å². The van der Waals surface area contributed by atoms with Gasteiger partial charge in [-0.25, -0.2) is 0 Å². The molecule has 2 aromatic rings. The molecule has 5 heteroatoms. The highest BCUT2D eigenvalue weighted by molar-refractivity contribution is 5.19. The Balaban J connectivity index is 1.62. The van der Waals surface area contributed by atoms with Gasteiger partial charge in [0.2, 0.25) is 0 Å². The van der Waals surface area contributed by atoms with Gasteiger partial charge in [0.1, 0.15) is 0 Å². The molecule has 5 nitrogen and oxygen atoms in total. The van der Waals surface area contributed by atoms with E-state index in [1.165, 1.54) is 18.5 Å². The Hall–Kier alpha value is -1.88. The molecule has 26 heavy (non-hydrogen) atoms. The highest BCUT2D eigenvalue weighted by atomic mass is 16.1. The first-order valence-corrected chi connectivity index (χ1v) is 9.93. The van der Waals surface area contributed by atoms with Gasteiger partial charge in [-0.15, -0.1) is 0 Å². The Kier molecular flexibility index (Phi) is 4.74. The predicted molar refractivity (Wildman–Crippen MR) is 103 cm³/mol. The Bertz CT molecular complexity index is 821. The van der Waals surface area contributed by atoms with Crippen molar-refractivity contribution in [2.45, 2.75) is 51.6 Å². The van der Waals surface area contributed by atoms with Crippen LogP contribution in [0, 0.1) is 11.8 Å². The monoisotopic (exact) mass is 354 g/mol. The Morgan fingerprint density at radius 1 is 1.23 bits per heavy atom. The van der Waals surface area contributed by atoms with Crippen LogP contribution in [0.25, 0.3) is 0 Å². The topological polar surface area (TPSA) is 43.1 Å². The summed E-state index contributed by atoms with van der Waals surface area (Å²) < 4.78 is 4.01. The van der Waals surface area contributed by atoms with Gasteiger partial charge in [-0.3, -0.25) is 14.4 Å². The molecule has 2 aromatic heterocycles. The van der Waals surface area contributed by atoms with Gasteiger partial charge >= 0.3 is 0 Å². The van der Waals surface area contributed by atoms with Gasteiger partial charge in [0.05, 0.1) is 5.69 Å². The number of pyridine rings is 1. The van der Waals surface area contributed by atoms with E-state index in [2.05, 4.69) is 40.5 Å². The molecule has 2 bridgehead atoms. The van der Waals surface area contributed by atoms with Crippen LogP contribution in [0.1, 0.15) is 56.5 Å². The molecule has 2 aliphatic rings. The lowest BCUT2D eigenvalue weighted by Gasteiger charge is -2.47. The van der Waals surface area contributed by atoms with E-state index in [-0.39, 0.29) is 5.56 Å². The minimum Gasteiger partial charge on any atom is -0.309 e. The second-order valence-electron chi connectivity index (χ2n) is 8.56. The van der Waals surface area contributed by atoms with E-state index >= 15 is 0 Å². The van der Waals surface area contributed by atoms with Crippen LogP contribution in [-0.2, 0) is 13.6 Å². The molecule has 4 rings (SSSR count). The highest BCUT2D eigenvalue weighted by Gasteiger charge is 2.40. The minimum atomic E-state index is 0.184. The van der Waals surface area contributed by atoms with Gasteiger partial charge in [-0.1, -0.05) is 19.9 Å². The molecular formula is C21H30N4O. The molecule has 0 amide bonds. The zero-order valence-corrected chi connectivity index (χ0v) is 16.1. The van der Waals surface area contributed by atoms with Crippen molar-refractivity contribution in [1.82, 2.24) is 19.2 Å². The van der Waals surface area contributed by atoms with Crippen LogP contribution in [0.4, 0.5) is 0 Å². The van der Waals surface area contributed by atoms with Gasteiger partial charge in [-0.05, 0) is 43.2 Å². The molecule has 0 N–H and O–H groups in total. The average Bonchev–Trinajstić information content (AvgIpc) is 3.00. The molecule has 1 fully saturated rings. The minimum absolute atomic E-state index is 0.184. The lowest BCUT2D eigenvalue weighted by atomic mass is 9.76. The molecule has 4 heterocycles. The summed E-state index contributed by atoms with van der Waals surface area (Å²) in [5, 5.41) is 4.56. The zero-order chi connectivity index (χ0) is 18.3. The van der Waals surface area contributed by atoms with Crippen molar-refractivity contribution in [2.24, 2.45) is 18.9 Å². The van der Waals surface area contributed by atoms with Gasteiger partial charge in [0.15, 0.2) is 0 Å². The van der Waals surface area contributed by atoms with Crippen molar-refractivity contribution < 1.29 is 0 Å². The maximum absolute atomic E-state index is 12.7. The van der Waals surface area contributed by atoms with Crippen LogP contribution in [0.15, 0.2) is 35.3 Å². The van der Waals surface area contributed by atoms with Crippen molar-refractivity contribution in [1.29, 1.82) is 0 Å². The first kappa shape index (κ1) is 17.5. The van der Waals surface area contributed by atoms with Crippen molar-refractivity contribution in [3.8, 4) is 0 Å². The SMILES string of the molecule is CC(C)CC[C@H]1[C@H]2C[C@H](CN(Cc3ccn(C)n3)C2)c2cccc(=O)n21. The van der Waals surface area contributed by atoms with E-state index in [1.807, 2.05) is 24.0 Å². The number of rotatable bonds is 5. The third-order valence-corrected chi connectivity index (χ3v) is 6.07. The molecular weight excluding hydrogens is 324 g/mol. The van der Waals surface area contributed by atoms with Crippen molar-refractivity contribution in [2.75, 3.05) is 13.1 Å². The highest BCUT2D eigenvalue weighted by Crippen LogP contribution is 2.43. The lowest BCUT2D eigenvalue weighted by Crippen LogP contribution is -2.49. The van der Waals surface area contributed by atoms with E-state index in [0.717, 1.165) is 31.7 Å². The Morgan fingerprint density at radius 3 is 2.81 bits per heavy atom. The summed E-state index contributed by atoms with van der Waals surface area (Å²) in [7, 11) is 1.97. The number of nitrogens with zero attached hydrogens (tertiary/aromatic N) is 4. The standard InChI is InChI=1S/C21H30N4O/c1-15(2)7-8-20-17-11-16(19-5-4-6-21(26)25(19)20)12-24(13-17)14-18-9-10-23(3)22-18/h4-6,9-10,15-17,20H,7-8,11-14H2,1-3H3/t16-,17+,20+/m1/s1. The predicted octanol–water partition coefficient (Wildman–Crippen LogP) is 3.18. The summed E-state index contributed by atoms with van der Waals surface area (Å²) >= 11 is 0. The Labute approximate surface area is 155 Å². The molecule has 0 spiro atoms. The normalized spacial score (nSPS) is 25.5. The maximum atomic E-state index is 12.7. The van der Waals surface area contributed by atoms with E-state index in [0.29, 0.717) is 23.8 Å². The third kappa shape index (κ3) is 3.37. The summed E-state index contributed by atoms with van der Waals surface area (Å²) in [6.07, 6.45) is 5.50. The van der Waals surface area contributed by atoms with Crippen molar-refractivity contribution >= 4 is 0 Å². The molecule has 0 aliphatic carbocycles. The summed E-state index contributed by atoms with van der Waals surface area (Å²) in [4.78, 5) is 15.2. The second-order valence-corrected chi connectivity index (χ2v) is 8.56. The van der Waals surface area contributed by atoms with Crippen LogP contribution in [0.2, 0.25) is 0 Å².